The van der Waals surface area contributed by atoms with E-state index < -0.39 is 0 Å². The van der Waals surface area contributed by atoms with Crippen molar-refractivity contribution < 1.29 is 14.3 Å². The van der Waals surface area contributed by atoms with Gasteiger partial charge in [0, 0.05) is 6.42 Å². The van der Waals surface area contributed by atoms with E-state index in [1.165, 1.54) is 0 Å². The zero-order chi connectivity index (χ0) is 9.23. The average Bonchev–Trinajstić information content (AvgIpc) is 2.05. The molecule has 0 rings (SSSR count). The summed E-state index contributed by atoms with van der Waals surface area (Å²) in [5.74, 6) is -0.151. The monoisotopic (exact) mass is 172 g/mol. The number of allylic oxidation sites excluding steroid dienone is 1. The molecule has 3 nitrogen and oxygen atoms in total. The van der Waals surface area contributed by atoms with Crippen LogP contribution in [0.5, 0.6) is 0 Å². The van der Waals surface area contributed by atoms with Crippen LogP contribution in [0.2, 0.25) is 0 Å². The predicted molar refractivity (Wildman–Crippen MR) is 46.6 cm³/mol. The average molecular weight is 172 g/mol. The maximum atomic E-state index is 10.8. The van der Waals surface area contributed by atoms with Crippen LogP contribution in [0, 0.1) is 0 Å². The Balaban J connectivity index is 3.13. The van der Waals surface area contributed by atoms with Crippen LogP contribution in [0.4, 0.5) is 0 Å². The van der Waals surface area contributed by atoms with Gasteiger partial charge in [-0.3, -0.25) is 4.79 Å². The van der Waals surface area contributed by atoms with E-state index in [1.807, 2.05) is 13.8 Å². The Hall–Kier alpha value is -0.990. The lowest BCUT2D eigenvalue weighted by Gasteiger charge is -2.02. The van der Waals surface area contributed by atoms with E-state index in [2.05, 4.69) is 0 Å². The highest BCUT2D eigenvalue weighted by molar-refractivity contribution is 5.69. The lowest BCUT2D eigenvalue weighted by atomic mass is 10.3. The highest BCUT2D eigenvalue weighted by atomic mass is 16.6. The molecule has 0 bridgehead atoms. The summed E-state index contributed by atoms with van der Waals surface area (Å²) in [5, 5.41) is 0. The summed E-state index contributed by atoms with van der Waals surface area (Å²) in [6, 6.07) is 0. The smallest absolute Gasteiger partial charge is 0.305 e. The molecule has 0 aromatic heterocycles. The molecule has 0 aromatic carbocycles. The number of hydrogen-bond donors (Lipinski definition) is 0. The van der Waals surface area contributed by atoms with Crippen molar-refractivity contribution in [2.75, 3.05) is 13.2 Å². The molecular weight excluding hydrogens is 156 g/mol. The SMILES string of the molecule is CC=COCCOC(=O)CCC. The molecule has 70 valence electrons. The third-order valence-electron chi connectivity index (χ3n) is 1.15. The fourth-order valence-electron chi connectivity index (χ4n) is 0.644. The van der Waals surface area contributed by atoms with Crippen molar-refractivity contribution in [3.63, 3.8) is 0 Å². The first kappa shape index (κ1) is 11.0. The quantitative estimate of drug-likeness (QED) is 0.348. The van der Waals surface area contributed by atoms with Crippen molar-refractivity contribution in [1.82, 2.24) is 0 Å². The fraction of sp³-hybridized carbons (Fsp3) is 0.667. The molecule has 0 aliphatic heterocycles. The Labute approximate surface area is 73.4 Å². The molecule has 0 aromatic rings. The van der Waals surface area contributed by atoms with Crippen molar-refractivity contribution in [2.45, 2.75) is 26.7 Å². The highest BCUT2D eigenvalue weighted by Gasteiger charge is 1.98. The van der Waals surface area contributed by atoms with Gasteiger partial charge in [-0.05, 0) is 13.3 Å². The second-order valence-corrected chi connectivity index (χ2v) is 2.31. The first-order chi connectivity index (χ1) is 5.81. The summed E-state index contributed by atoms with van der Waals surface area (Å²) in [6.07, 6.45) is 4.68. The van der Waals surface area contributed by atoms with Crippen LogP contribution in [0.15, 0.2) is 12.3 Å². The number of esters is 1. The van der Waals surface area contributed by atoms with Crippen molar-refractivity contribution >= 4 is 5.97 Å². The minimum Gasteiger partial charge on any atom is -0.498 e. The molecule has 0 atom stereocenters. The number of hydrogen-bond acceptors (Lipinski definition) is 3. The molecule has 0 spiro atoms. The molecule has 0 amide bonds. The number of rotatable bonds is 6. The maximum absolute atomic E-state index is 10.8. The predicted octanol–water partition coefficient (Wildman–Crippen LogP) is 1.88. The van der Waals surface area contributed by atoms with Crippen LogP contribution < -0.4 is 0 Å². The van der Waals surface area contributed by atoms with Crippen LogP contribution in [0.1, 0.15) is 26.7 Å². The summed E-state index contributed by atoms with van der Waals surface area (Å²) >= 11 is 0. The van der Waals surface area contributed by atoms with Gasteiger partial charge in [0.15, 0.2) is 0 Å². The van der Waals surface area contributed by atoms with Gasteiger partial charge in [-0.2, -0.15) is 0 Å². The molecular formula is C9H16O3. The zero-order valence-electron chi connectivity index (χ0n) is 7.71. The molecule has 0 fully saturated rings. The van der Waals surface area contributed by atoms with Gasteiger partial charge in [0.25, 0.3) is 0 Å². The van der Waals surface area contributed by atoms with Gasteiger partial charge in [0.1, 0.15) is 13.2 Å². The molecule has 0 saturated carbocycles. The summed E-state index contributed by atoms with van der Waals surface area (Å²) in [5.41, 5.74) is 0. The van der Waals surface area contributed by atoms with Gasteiger partial charge >= 0.3 is 5.97 Å². The van der Waals surface area contributed by atoms with E-state index in [0.717, 1.165) is 6.42 Å². The number of carbonyl (C=O) groups excluding carboxylic acids is 1. The molecule has 0 heterocycles. The summed E-state index contributed by atoms with van der Waals surface area (Å²) in [6.45, 7) is 4.57. The molecule has 3 heteroatoms. The Bertz CT molecular complexity index is 141. The van der Waals surface area contributed by atoms with Gasteiger partial charge in [0.2, 0.25) is 0 Å². The van der Waals surface area contributed by atoms with Gasteiger partial charge in [-0.25, -0.2) is 0 Å². The molecule has 0 saturated heterocycles. The molecule has 0 aliphatic carbocycles. The lowest BCUT2D eigenvalue weighted by Crippen LogP contribution is -2.08. The van der Waals surface area contributed by atoms with Crippen molar-refractivity contribution in [2.24, 2.45) is 0 Å². The van der Waals surface area contributed by atoms with Crippen LogP contribution in [-0.4, -0.2) is 19.2 Å². The zero-order valence-corrected chi connectivity index (χ0v) is 7.71. The molecule has 0 radical (unpaired) electrons. The minimum absolute atomic E-state index is 0.151. The van der Waals surface area contributed by atoms with Gasteiger partial charge in [-0.15, -0.1) is 0 Å². The number of carbonyl (C=O) groups is 1. The second kappa shape index (κ2) is 8.11. The van der Waals surface area contributed by atoms with E-state index in [0.29, 0.717) is 19.6 Å². The summed E-state index contributed by atoms with van der Waals surface area (Å²) in [7, 11) is 0. The topological polar surface area (TPSA) is 35.5 Å². The first-order valence-corrected chi connectivity index (χ1v) is 4.19. The maximum Gasteiger partial charge on any atom is 0.305 e. The standard InChI is InChI=1S/C9H16O3/c1-3-5-9(10)12-8-7-11-6-4-2/h4,6H,3,5,7-8H2,1-2H3. The van der Waals surface area contributed by atoms with Gasteiger partial charge in [0.05, 0.1) is 6.26 Å². The highest BCUT2D eigenvalue weighted by Crippen LogP contribution is 1.90. The second-order valence-electron chi connectivity index (χ2n) is 2.31. The Morgan fingerprint density at radius 3 is 2.75 bits per heavy atom. The van der Waals surface area contributed by atoms with E-state index in [-0.39, 0.29) is 5.97 Å². The molecule has 0 N–H and O–H groups in total. The third kappa shape index (κ3) is 7.12. The van der Waals surface area contributed by atoms with E-state index in [1.54, 1.807) is 12.3 Å². The Morgan fingerprint density at radius 2 is 2.17 bits per heavy atom. The van der Waals surface area contributed by atoms with Crippen molar-refractivity contribution in [1.29, 1.82) is 0 Å². The van der Waals surface area contributed by atoms with E-state index in [9.17, 15) is 4.79 Å². The molecule has 0 unspecified atom stereocenters. The van der Waals surface area contributed by atoms with Crippen LogP contribution in [-0.2, 0) is 14.3 Å². The Kier molecular flexibility index (Phi) is 7.44. The van der Waals surface area contributed by atoms with Crippen molar-refractivity contribution in [3.8, 4) is 0 Å². The Morgan fingerprint density at radius 1 is 1.42 bits per heavy atom. The van der Waals surface area contributed by atoms with Crippen molar-refractivity contribution in [3.05, 3.63) is 12.3 Å². The van der Waals surface area contributed by atoms with Gasteiger partial charge in [-0.1, -0.05) is 13.0 Å². The van der Waals surface area contributed by atoms with Gasteiger partial charge < -0.3 is 9.47 Å². The lowest BCUT2D eigenvalue weighted by molar-refractivity contribution is -0.144. The largest absolute Gasteiger partial charge is 0.498 e. The number of ether oxygens (including phenoxy) is 2. The van der Waals surface area contributed by atoms with E-state index >= 15 is 0 Å². The first-order valence-electron chi connectivity index (χ1n) is 4.19. The van der Waals surface area contributed by atoms with Crippen LogP contribution >= 0.6 is 0 Å². The van der Waals surface area contributed by atoms with Crippen LogP contribution in [0.3, 0.4) is 0 Å². The normalized spacial score (nSPS) is 10.2. The third-order valence-corrected chi connectivity index (χ3v) is 1.15. The minimum atomic E-state index is -0.151. The fourth-order valence-corrected chi connectivity index (χ4v) is 0.644. The van der Waals surface area contributed by atoms with Crippen LogP contribution in [0.25, 0.3) is 0 Å². The van der Waals surface area contributed by atoms with E-state index in [4.69, 9.17) is 9.47 Å². The summed E-state index contributed by atoms with van der Waals surface area (Å²) < 4.78 is 9.78. The summed E-state index contributed by atoms with van der Waals surface area (Å²) in [4.78, 5) is 10.8. The molecule has 12 heavy (non-hydrogen) atoms. The molecule has 0 aliphatic rings.